The minimum Gasteiger partial charge on any atom is -0.492 e. The van der Waals surface area contributed by atoms with Crippen LogP contribution in [0.2, 0.25) is 0 Å². The number of nitrogens with two attached hydrogens (primary N) is 1. The third-order valence-corrected chi connectivity index (χ3v) is 4.50. The fraction of sp³-hybridized carbons (Fsp3) is 0.143. The van der Waals surface area contributed by atoms with Gasteiger partial charge < -0.3 is 10.5 Å². The van der Waals surface area contributed by atoms with Crippen molar-refractivity contribution < 1.29 is 13.2 Å². The number of sulfonamides is 1. The van der Waals surface area contributed by atoms with Gasteiger partial charge in [-0.1, -0.05) is 12.1 Å². The third kappa shape index (κ3) is 5.43. The lowest BCUT2D eigenvalue weighted by atomic mass is 10.3. The van der Waals surface area contributed by atoms with Crippen molar-refractivity contribution >= 4 is 44.0 Å². The normalized spacial score (nSPS) is 11.1. The second-order valence-electron chi connectivity index (χ2n) is 4.35. The first kappa shape index (κ1) is 15.9. The van der Waals surface area contributed by atoms with Crippen molar-refractivity contribution in [1.82, 2.24) is 0 Å². The highest BCUT2D eigenvalue weighted by atomic mass is 127. The second kappa shape index (κ2) is 6.99. The van der Waals surface area contributed by atoms with Gasteiger partial charge in [-0.25, -0.2) is 8.42 Å². The summed E-state index contributed by atoms with van der Waals surface area (Å²) in [5, 5.41) is 0. The van der Waals surface area contributed by atoms with Crippen LogP contribution in [0.25, 0.3) is 0 Å². The van der Waals surface area contributed by atoms with E-state index in [4.69, 9.17) is 10.5 Å². The molecule has 0 amide bonds. The van der Waals surface area contributed by atoms with Crippen molar-refractivity contribution in [2.45, 2.75) is 0 Å². The summed E-state index contributed by atoms with van der Waals surface area (Å²) >= 11 is 2.13. The molecule has 0 spiro atoms. The topological polar surface area (TPSA) is 81.4 Å². The Morgan fingerprint density at radius 3 is 2.62 bits per heavy atom. The predicted molar refractivity (Wildman–Crippen MR) is 92.9 cm³/mol. The fourth-order valence-electron chi connectivity index (χ4n) is 1.66. The molecule has 0 heterocycles. The lowest BCUT2D eigenvalue weighted by Gasteiger charge is -2.10. The van der Waals surface area contributed by atoms with Gasteiger partial charge in [0.2, 0.25) is 10.0 Å². The van der Waals surface area contributed by atoms with Gasteiger partial charge in [-0.15, -0.1) is 0 Å². The molecule has 0 aliphatic carbocycles. The number of nitrogen functional groups attached to an aromatic ring is 1. The Morgan fingerprint density at radius 1 is 1.14 bits per heavy atom. The monoisotopic (exact) mass is 418 g/mol. The predicted octanol–water partition coefficient (Wildman–Crippen LogP) is 2.69. The first-order valence-electron chi connectivity index (χ1n) is 6.19. The Bertz CT molecular complexity index is 720. The largest absolute Gasteiger partial charge is 0.492 e. The zero-order valence-corrected chi connectivity index (χ0v) is 14.1. The molecule has 0 saturated heterocycles. The van der Waals surface area contributed by atoms with Crippen molar-refractivity contribution in [2.24, 2.45) is 0 Å². The van der Waals surface area contributed by atoms with E-state index in [0.717, 1.165) is 3.57 Å². The third-order valence-electron chi connectivity index (χ3n) is 2.58. The molecule has 0 aliphatic rings. The maximum absolute atomic E-state index is 12.0. The molecule has 5 nitrogen and oxygen atoms in total. The van der Waals surface area contributed by atoms with Crippen LogP contribution < -0.4 is 15.2 Å². The molecule has 0 bridgehead atoms. The Morgan fingerprint density at radius 2 is 1.90 bits per heavy atom. The number of anilines is 2. The molecule has 0 unspecified atom stereocenters. The van der Waals surface area contributed by atoms with Crippen LogP contribution >= 0.6 is 22.6 Å². The van der Waals surface area contributed by atoms with Crippen molar-refractivity contribution in [2.75, 3.05) is 22.8 Å². The minimum absolute atomic E-state index is 0.0582. The van der Waals surface area contributed by atoms with Crippen LogP contribution in [0.1, 0.15) is 0 Å². The van der Waals surface area contributed by atoms with Gasteiger partial charge >= 0.3 is 0 Å². The number of nitrogens with one attached hydrogen (secondary N) is 1. The Balaban J connectivity index is 1.90. The molecule has 3 N–H and O–H groups in total. The lowest BCUT2D eigenvalue weighted by Crippen LogP contribution is -2.21. The van der Waals surface area contributed by atoms with Crippen LogP contribution in [0.4, 0.5) is 11.4 Å². The van der Waals surface area contributed by atoms with Crippen molar-refractivity contribution in [1.29, 1.82) is 0 Å². The van der Waals surface area contributed by atoms with E-state index in [2.05, 4.69) is 27.3 Å². The summed E-state index contributed by atoms with van der Waals surface area (Å²) in [5.41, 5.74) is 6.74. The number of hydrogen-bond acceptors (Lipinski definition) is 4. The van der Waals surface area contributed by atoms with E-state index in [1.54, 1.807) is 42.5 Å². The summed E-state index contributed by atoms with van der Waals surface area (Å²) in [6.45, 7) is 0.0582. The highest BCUT2D eigenvalue weighted by Crippen LogP contribution is 2.16. The van der Waals surface area contributed by atoms with E-state index in [0.29, 0.717) is 17.1 Å². The van der Waals surface area contributed by atoms with Crippen molar-refractivity contribution in [3.8, 4) is 5.75 Å². The molecule has 0 aromatic heterocycles. The van der Waals surface area contributed by atoms with E-state index in [9.17, 15) is 8.42 Å². The van der Waals surface area contributed by atoms with Gasteiger partial charge in [0.15, 0.2) is 0 Å². The molecule has 2 aromatic rings. The Hall–Kier alpha value is -1.48. The van der Waals surface area contributed by atoms with E-state index in [-0.39, 0.29) is 12.4 Å². The van der Waals surface area contributed by atoms with E-state index in [1.165, 1.54) is 0 Å². The average molecular weight is 418 g/mol. The summed E-state index contributed by atoms with van der Waals surface area (Å²) in [7, 11) is -3.44. The minimum atomic E-state index is -3.44. The molecule has 0 atom stereocenters. The van der Waals surface area contributed by atoms with Gasteiger partial charge in [0, 0.05) is 21.0 Å². The van der Waals surface area contributed by atoms with E-state index >= 15 is 0 Å². The zero-order chi connectivity index (χ0) is 15.3. The van der Waals surface area contributed by atoms with Crippen molar-refractivity contribution in [3.63, 3.8) is 0 Å². The molecule has 0 saturated carbocycles. The second-order valence-corrected chi connectivity index (χ2v) is 7.44. The zero-order valence-electron chi connectivity index (χ0n) is 11.1. The van der Waals surface area contributed by atoms with Gasteiger partial charge in [0.25, 0.3) is 0 Å². The van der Waals surface area contributed by atoms with Gasteiger partial charge in [-0.05, 0) is 52.9 Å². The van der Waals surface area contributed by atoms with Crippen LogP contribution in [0.5, 0.6) is 5.75 Å². The SMILES string of the molecule is Nc1cccc(OCCS(=O)(=O)Nc2cccc(I)c2)c1. The molecule has 0 aliphatic heterocycles. The van der Waals surface area contributed by atoms with E-state index < -0.39 is 10.0 Å². The Kier molecular flexibility index (Phi) is 5.29. The van der Waals surface area contributed by atoms with Gasteiger partial charge in [-0.3, -0.25) is 4.72 Å². The fourth-order valence-corrected chi connectivity index (χ4v) is 3.09. The summed E-state index contributed by atoms with van der Waals surface area (Å²) in [6.07, 6.45) is 0. The molecule has 2 aromatic carbocycles. The highest BCUT2D eigenvalue weighted by molar-refractivity contribution is 14.1. The van der Waals surface area contributed by atoms with Crippen LogP contribution in [0.3, 0.4) is 0 Å². The van der Waals surface area contributed by atoms with Gasteiger partial charge in [0.1, 0.15) is 18.1 Å². The molecular weight excluding hydrogens is 403 g/mol. The van der Waals surface area contributed by atoms with Crippen LogP contribution in [0, 0.1) is 3.57 Å². The first-order valence-corrected chi connectivity index (χ1v) is 8.92. The summed E-state index contributed by atoms with van der Waals surface area (Å²) < 4.78 is 32.8. The smallest absolute Gasteiger partial charge is 0.236 e. The quantitative estimate of drug-likeness (QED) is 0.559. The molecular formula is C14H15IN2O3S. The number of rotatable bonds is 6. The highest BCUT2D eigenvalue weighted by Gasteiger charge is 2.11. The van der Waals surface area contributed by atoms with Crippen LogP contribution in [-0.4, -0.2) is 20.8 Å². The molecule has 2 rings (SSSR count). The standard InChI is InChI=1S/C14H15IN2O3S/c15-11-3-1-5-13(9-11)17-21(18,19)8-7-20-14-6-2-4-12(16)10-14/h1-6,9-10,17H,7-8,16H2. The van der Waals surface area contributed by atoms with Crippen LogP contribution in [0.15, 0.2) is 48.5 Å². The molecule has 0 fully saturated rings. The maximum atomic E-state index is 12.0. The van der Waals surface area contributed by atoms with Crippen LogP contribution in [-0.2, 0) is 10.0 Å². The Labute approximate surface area is 137 Å². The number of hydrogen-bond donors (Lipinski definition) is 2. The summed E-state index contributed by atoms with van der Waals surface area (Å²) in [4.78, 5) is 0. The van der Waals surface area contributed by atoms with E-state index in [1.807, 2.05) is 6.07 Å². The average Bonchev–Trinajstić information content (AvgIpc) is 2.38. The molecule has 7 heteroatoms. The maximum Gasteiger partial charge on any atom is 0.236 e. The van der Waals surface area contributed by atoms with Gasteiger partial charge in [0.05, 0.1) is 0 Å². The van der Waals surface area contributed by atoms with Gasteiger partial charge in [-0.2, -0.15) is 0 Å². The lowest BCUT2D eigenvalue weighted by molar-refractivity contribution is 0.341. The number of halogens is 1. The number of ether oxygens (including phenoxy) is 1. The molecule has 112 valence electrons. The summed E-state index contributed by atoms with van der Waals surface area (Å²) in [6, 6.07) is 14.0. The number of benzene rings is 2. The first-order chi connectivity index (χ1) is 9.94. The van der Waals surface area contributed by atoms with Crippen molar-refractivity contribution in [3.05, 3.63) is 52.1 Å². The molecule has 21 heavy (non-hydrogen) atoms. The molecule has 0 radical (unpaired) electrons. The summed E-state index contributed by atoms with van der Waals surface area (Å²) in [5.74, 6) is 0.423.